The first-order valence-corrected chi connectivity index (χ1v) is 10.8. The van der Waals surface area contributed by atoms with Crippen molar-refractivity contribution < 1.29 is 23.6 Å². The van der Waals surface area contributed by atoms with Gasteiger partial charge < -0.3 is 10.6 Å². The van der Waals surface area contributed by atoms with E-state index in [9.17, 15) is 23.6 Å². The zero-order valence-electron chi connectivity index (χ0n) is 16.4. The Hall–Kier alpha value is -2.88. The van der Waals surface area contributed by atoms with E-state index in [0.717, 1.165) is 22.7 Å². The molecule has 7 nitrogen and oxygen atoms in total. The summed E-state index contributed by atoms with van der Waals surface area (Å²) >= 11 is 12.6. The van der Waals surface area contributed by atoms with Crippen molar-refractivity contribution in [3.8, 4) is 0 Å². The van der Waals surface area contributed by atoms with Crippen LogP contribution in [0.1, 0.15) is 15.9 Å². The first-order valence-electron chi connectivity index (χ1n) is 9.26. The Morgan fingerprint density at radius 1 is 1.06 bits per heavy atom. The molecule has 1 heterocycles. The van der Waals surface area contributed by atoms with Crippen molar-refractivity contribution in [3.05, 3.63) is 74.4 Å². The van der Waals surface area contributed by atoms with Crippen molar-refractivity contribution in [3.63, 3.8) is 0 Å². The zero-order valence-corrected chi connectivity index (χ0v) is 18.7. The lowest BCUT2D eigenvalue weighted by Crippen LogP contribution is -2.41. The van der Waals surface area contributed by atoms with Crippen LogP contribution in [0.4, 0.5) is 9.18 Å². The molecule has 2 aromatic rings. The van der Waals surface area contributed by atoms with Crippen molar-refractivity contribution in [1.82, 2.24) is 15.5 Å². The molecule has 1 aliphatic heterocycles. The van der Waals surface area contributed by atoms with Gasteiger partial charge in [-0.3, -0.25) is 24.1 Å². The van der Waals surface area contributed by atoms with E-state index in [1.165, 1.54) is 24.3 Å². The molecule has 11 heteroatoms. The van der Waals surface area contributed by atoms with Crippen LogP contribution in [-0.2, 0) is 9.59 Å². The summed E-state index contributed by atoms with van der Waals surface area (Å²) in [5.74, 6) is -2.46. The molecular weight excluding hydrogens is 480 g/mol. The smallest absolute Gasteiger partial charge is 0.293 e. The Morgan fingerprint density at radius 3 is 2.53 bits per heavy atom. The number of imide groups is 1. The Morgan fingerprint density at radius 2 is 1.81 bits per heavy atom. The fourth-order valence-electron chi connectivity index (χ4n) is 2.72. The third-order valence-electron chi connectivity index (χ3n) is 4.30. The number of thioether (sulfide) groups is 1. The highest BCUT2D eigenvalue weighted by Crippen LogP contribution is 2.33. The largest absolute Gasteiger partial charge is 0.353 e. The van der Waals surface area contributed by atoms with E-state index in [4.69, 9.17) is 23.2 Å². The van der Waals surface area contributed by atoms with Gasteiger partial charge in [0.05, 0.1) is 27.1 Å². The predicted molar refractivity (Wildman–Crippen MR) is 121 cm³/mol. The van der Waals surface area contributed by atoms with Crippen molar-refractivity contribution >= 4 is 64.0 Å². The molecule has 1 aliphatic rings. The number of benzene rings is 2. The average molecular weight is 496 g/mol. The molecule has 32 heavy (non-hydrogen) atoms. The Labute approximate surface area is 196 Å². The second-order valence-corrected chi connectivity index (χ2v) is 8.33. The normalized spacial score (nSPS) is 14.7. The molecule has 0 atom stereocenters. The quantitative estimate of drug-likeness (QED) is 0.570. The SMILES string of the molecule is O=C(CNC(=O)c1ccccc1F)NCCN1C(=O)SC(=Cc2ccc(Cl)c(Cl)c2)C1=O. The van der Waals surface area contributed by atoms with E-state index in [2.05, 4.69) is 10.6 Å². The van der Waals surface area contributed by atoms with Crippen LogP contribution in [0, 0.1) is 5.82 Å². The second-order valence-electron chi connectivity index (χ2n) is 6.52. The fraction of sp³-hybridized carbons (Fsp3) is 0.143. The molecule has 2 aromatic carbocycles. The number of nitrogens with one attached hydrogen (secondary N) is 2. The summed E-state index contributed by atoms with van der Waals surface area (Å²) < 4.78 is 13.6. The summed E-state index contributed by atoms with van der Waals surface area (Å²) in [5.41, 5.74) is 0.440. The Balaban J connectivity index is 1.48. The molecule has 3 rings (SSSR count). The Bertz CT molecular complexity index is 1130. The van der Waals surface area contributed by atoms with Crippen molar-refractivity contribution in [2.75, 3.05) is 19.6 Å². The van der Waals surface area contributed by atoms with Crippen LogP contribution < -0.4 is 10.6 Å². The molecule has 0 bridgehead atoms. The van der Waals surface area contributed by atoms with Crippen LogP contribution in [0.15, 0.2) is 47.4 Å². The number of hydrogen-bond donors (Lipinski definition) is 2. The maximum atomic E-state index is 13.6. The van der Waals surface area contributed by atoms with Gasteiger partial charge in [-0.1, -0.05) is 41.4 Å². The molecule has 0 spiro atoms. The van der Waals surface area contributed by atoms with Crippen molar-refractivity contribution in [2.24, 2.45) is 0 Å². The summed E-state index contributed by atoms with van der Waals surface area (Å²) in [6.07, 6.45) is 1.53. The van der Waals surface area contributed by atoms with Crippen molar-refractivity contribution in [2.45, 2.75) is 0 Å². The minimum Gasteiger partial charge on any atom is -0.353 e. The van der Waals surface area contributed by atoms with Crippen molar-refractivity contribution in [1.29, 1.82) is 0 Å². The number of rotatable bonds is 7. The molecule has 0 aromatic heterocycles. The van der Waals surface area contributed by atoms with Gasteiger partial charge in [0.1, 0.15) is 5.82 Å². The van der Waals surface area contributed by atoms with Gasteiger partial charge in [0.2, 0.25) is 5.91 Å². The standard InChI is InChI=1S/C21H16Cl2FN3O4S/c22-14-6-5-12(9-15(14)23)10-17-20(30)27(21(31)32-17)8-7-25-18(28)11-26-19(29)13-3-1-2-4-16(13)24/h1-6,9-10H,7-8,11H2,(H,25,28)(H,26,29). The third-order valence-corrected chi connectivity index (χ3v) is 5.95. The van der Waals surface area contributed by atoms with Crippen LogP contribution in [0.2, 0.25) is 10.0 Å². The van der Waals surface area contributed by atoms with Gasteiger partial charge in [-0.05, 0) is 47.7 Å². The average Bonchev–Trinajstić information content (AvgIpc) is 3.02. The minimum atomic E-state index is -0.725. The number of hydrogen-bond acceptors (Lipinski definition) is 5. The minimum absolute atomic E-state index is 0.00745. The van der Waals surface area contributed by atoms with Gasteiger partial charge in [0.15, 0.2) is 0 Å². The number of halogens is 3. The maximum Gasteiger partial charge on any atom is 0.293 e. The van der Waals surface area contributed by atoms with Crippen LogP contribution in [-0.4, -0.2) is 47.5 Å². The maximum absolute atomic E-state index is 13.6. The van der Waals surface area contributed by atoms with Crippen LogP contribution in [0.5, 0.6) is 0 Å². The molecule has 4 amide bonds. The summed E-state index contributed by atoms with van der Waals surface area (Å²) in [4.78, 5) is 49.7. The lowest BCUT2D eigenvalue weighted by Gasteiger charge is -2.13. The molecular formula is C21H16Cl2FN3O4S. The lowest BCUT2D eigenvalue weighted by atomic mass is 10.2. The van der Waals surface area contributed by atoms with E-state index < -0.39 is 28.8 Å². The molecule has 1 fully saturated rings. The van der Waals surface area contributed by atoms with Crippen LogP contribution in [0.3, 0.4) is 0 Å². The first-order chi connectivity index (χ1) is 15.3. The molecule has 0 aliphatic carbocycles. The molecule has 2 N–H and O–H groups in total. The third kappa shape index (κ3) is 5.87. The lowest BCUT2D eigenvalue weighted by molar-refractivity contribution is -0.124. The molecule has 0 unspecified atom stereocenters. The second kappa shape index (κ2) is 10.6. The molecule has 0 radical (unpaired) electrons. The highest BCUT2D eigenvalue weighted by atomic mass is 35.5. The monoisotopic (exact) mass is 495 g/mol. The van der Waals surface area contributed by atoms with Gasteiger partial charge in [-0.15, -0.1) is 0 Å². The number of carbonyl (C=O) groups excluding carboxylic acids is 4. The highest BCUT2D eigenvalue weighted by molar-refractivity contribution is 8.18. The van der Waals surface area contributed by atoms with Gasteiger partial charge >= 0.3 is 0 Å². The highest BCUT2D eigenvalue weighted by Gasteiger charge is 2.34. The first kappa shape index (κ1) is 23.8. The van der Waals surface area contributed by atoms with Gasteiger partial charge in [-0.2, -0.15) is 0 Å². The molecule has 166 valence electrons. The van der Waals surface area contributed by atoms with Gasteiger partial charge in [-0.25, -0.2) is 4.39 Å². The predicted octanol–water partition coefficient (Wildman–Crippen LogP) is 3.72. The summed E-state index contributed by atoms with van der Waals surface area (Å²) in [5, 5.41) is 5.03. The van der Waals surface area contributed by atoms with E-state index in [0.29, 0.717) is 15.6 Å². The van der Waals surface area contributed by atoms with E-state index in [1.54, 1.807) is 18.2 Å². The van der Waals surface area contributed by atoms with E-state index in [-0.39, 0.29) is 30.1 Å². The zero-order chi connectivity index (χ0) is 23.3. The Kier molecular flexibility index (Phi) is 7.89. The van der Waals surface area contributed by atoms with E-state index in [1.807, 2.05) is 0 Å². The van der Waals surface area contributed by atoms with Gasteiger partial charge in [0.25, 0.3) is 17.1 Å². The van der Waals surface area contributed by atoms with Crippen LogP contribution in [0.25, 0.3) is 6.08 Å². The topological polar surface area (TPSA) is 95.6 Å². The number of nitrogens with zero attached hydrogens (tertiary/aromatic N) is 1. The molecule has 1 saturated heterocycles. The van der Waals surface area contributed by atoms with E-state index >= 15 is 0 Å². The fourth-order valence-corrected chi connectivity index (χ4v) is 3.89. The number of amides is 4. The number of carbonyl (C=O) groups is 4. The van der Waals surface area contributed by atoms with Crippen LogP contribution >= 0.6 is 35.0 Å². The summed E-state index contributed by atoms with van der Waals surface area (Å²) in [7, 11) is 0. The molecule has 0 saturated carbocycles. The summed E-state index contributed by atoms with van der Waals surface area (Å²) in [6, 6.07) is 10.2. The summed E-state index contributed by atoms with van der Waals surface area (Å²) in [6.45, 7) is -0.435. The van der Waals surface area contributed by atoms with Gasteiger partial charge in [0, 0.05) is 13.1 Å².